The molecule has 0 radical (unpaired) electrons. The lowest BCUT2D eigenvalue weighted by molar-refractivity contribution is -0.123. The van der Waals surface area contributed by atoms with Crippen molar-refractivity contribution in [2.24, 2.45) is 0 Å². The van der Waals surface area contributed by atoms with Gasteiger partial charge in [0.2, 0.25) is 5.91 Å². The summed E-state index contributed by atoms with van der Waals surface area (Å²) in [5, 5.41) is 2.92. The molecule has 0 aromatic carbocycles. The number of alkyl halides is 1. The van der Waals surface area contributed by atoms with Crippen molar-refractivity contribution in [3.05, 3.63) is 0 Å². The first-order valence-electron chi connectivity index (χ1n) is 4.38. The molecule has 1 N–H and O–H groups in total. The van der Waals surface area contributed by atoms with Crippen molar-refractivity contribution in [2.75, 3.05) is 20.6 Å². The van der Waals surface area contributed by atoms with Crippen molar-refractivity contribution in [1.29, 1.82) is 0 Å². The predicted octanol–water partition coefficient (Wildman–Crippen LogP) is 1.23. The molecular formula is C9H19BrN2O. The number of hydrogen-bond acceptors (Lipinski definition) is 2. The fourth-order valence-corrected chi connectivity index (χ4v) is 1.10. The van der Waals surface area contributed by atoms with Gasteiger partial charge in [-0.2, -0.15) is 0 Å². The summed E-state index contributed by atoms with van der Waals surface area (Å²) in [4.78, 5) is 13.5. The second-order valence-corrected chi connectivity index (χ2v) is 6.09. The topological polar surface area (TPSA) is 32.3 Å². The van der Waals surface area contributed by atoms with Crippen LogP contribution in [-0.2, 0) is 4.79 Å². The Kier molecular flexibility index (Phi) is 4.92. The predicted molar refractivity (Wildman–Crippen MR) is 59.2 cm³/mol. The minimum absolute atomic E-state index is 0.0295. The number of halogens is 1. The normalized spacial score (nSPS) is 14.4. The molecule has 0 fully saturated rings. The monoisotopic (exact) mass is 250 g/mol. The zero-order valence-corrected chi connectivity index (χ0v) is 10.6. The van der Waals surface area contributed by atoms with Crippen LogP contribution in [0.2, 0.25) is 0 Å². The second-order valence-electron chi connectivity index (χ2n) is 4.11. The molecule has 4 heteroatoms. The zero-order valence-electron chi connectivity index (χ0n) is 9.02. The molecule has 1 unspecified atom stereocenters. The molecule has 0 bridgehead atoms. The zero-order chi connectivity index (χ0) is 10.6. The van der Waals surface area contributed by atoms with Gasteiger partial charge >= 0.3 is 0 Å². The van der Waals surface area contributed by atoms with E-state index in [1.54, 1.807) is 0 Å². The number of amides is 1. The van der Waals surface area contributed by atoms with E-state index in [1.807, 2.05) is 39.8 Å². The molecule has 13 heavy (non-hydrogen) atoms. The first-order chi connectivity index (χ1) is 5.73. The standard InChI is InChI=1S/C9H19BrN2O/c1-7(6-12(4)5)11-8(13)9(2,3)10/h7H,6H2,1-5H3,(H,11,13). The van der Waals surface area contributed by atoms with E-state index in [4.69, 9.17) is 0 Å². The van der Waals surface area contributed by atoms with Crippen LogP contribution in [0.1, 0.15) is 20.8 Å². The van der Waals surface area contributed by atoms with Crippen molar-refractivity contribution < 1.29 is 4.79 Å². The molecule has 1 atom stereocenters. The largest absolute Gasteiger partial charge is 0.351 e. The average Bonchev–Trinajstić information content (AvgIpc) is 1.82. The number of likely N-dealkylation sites (N-methyl/N-ethyl adjacent to an activating group) is 1. The van der Waals surface area contributed by atoms with Crippen LogP contribution in [0.4, 0.5) is 0 Å². The molecule has 0 aromatic rings. The number of carbonyl (C=O) groups excluding carboxylic acids is 1. The fourth-order valence-electron chi connectivity index (χ4n) is 0.989. The number of carbonyl (C=O) groups is 1. The Hall–Kier alpha value is -0.0900. The highest BCUT2D eigenvalue weighted by molar-refractivity contribution is 9.10. The lowest BCUT2D eigenvalue weighted by Crippen LogP contribution is -2.46. The minimum Gasteiger partial charge on any atom is -0.351 e. The number of hydrogen-bond donors (Lipinski definition) is 1. The summed E-state index contributed by atoms with van der Waals surface area (Å²) in [6.07, 6.45) is 0. The van der Waals surface area contributed by atoms with Crippen molar-refractivity contribution in [3.63, 3.8) is 0 Å². The maximum atomic E-state index is 11.5. The third-order valence-electron chi connectivity index (χ3n) is 1.56. The smallest absolute Gasteiger partial charge is 0.236 e. The summed E-state index contributed by atoms with van der Waals surface area (Å²) in [6.45, 7) is 6.53. The first kappa shape index (κ1) is 12.9. The molecule has 0 spiro atoms. The van der Waals surface area contributed by atoms with Gasteiger partial charge in [-0.3, -0.25) is 4.79 Å². The Labute approximate surface area is 89.0 Å². The Balaban J connectivity index is 3.93. The lowest BCUT2D eigenvalue weighted by Gasteiger charge is -2.22. The van der Waals surface area contributed by atoms with Gasteiger partial charge in [0.05, 0.1) is 4.32 Å². The van der Waals surface area contributed by atoms with Crippen LogP contribution in [0.15, 0.2) is 0 Å². The molecule has 1 amide bonds. The van der Waals surface area contributed by atoms with Gasteiger partial charge in [0, 0.05) is 12.6 Å². The molecule has 0 aliphatic rings. The summed E-state index contributed by atoms with van der Waals surface area (Å²) >= 11 is 3.31. The molecule has 0 aromatic heterocycles. The Morgan fingerprint density at radius 3 is 2.31 bits per heavy atom. The van der Waals surface area contributed by atoms with E-state index < -0.39 is 4.32 Å². The van der Waals surface area contributed by atoms with Gasteiger partial charge in [0.15, 0.2) is 0 Å². The van der Waals surface area contributed by atoms with E-state index in [0.29, 0.717) is 0 Å². The highest BCUT2D eigenvalue weighted by Gasteiger charge is 2.24. The number of nitrogens with one attached hydrogen (secondary N) is 1. The third kappa shape index (κ3) is 6.05. The summed E-state index contributed by atoms with van der Waals surface area (Å²) < 4.78 is -0.479. The van der Waals surface area contributed by atoms with Gasteiger partial charge in [-0.1, -0.05) is 15.9 Å². The highest BCUT2D eigenvalue weighted by Crippen LogP contribution is 2.15. The maximum Gasteiger partial charge on any atom is 0.236 e. The number of nitrogens with zero attached hydrogens (tertiary/aromatic N) is 1. The van der Waals surface area contributed by atoms with Gasteiger partial charge in [-0.05, 0) is 34.9 Å². The molecule has 0 rings (SSSR count). The molecule has 0 aliphatic carbocycles. The van der Waals surface area contributed by atoms with Crippen molar-refractivity contribution in [3.8, 4) is 0 Å². The van der Waals surface area contributed by atoms with Gasteiger partial charge in [0.1, 0.15) is 0 Å². The Bertz CT molecular complexity index is 175. The molecule has 78 valence electrons. The average molecular weight is 251 g/mol. The SMILES string of the molecule is CC(CN(C)C)NC(=O)C(C)(C)Br. The van der Waals surface area contributed by atoms with E-state index in [2.05, 4.69) is 21.2 Å². The summed E-state index contributed by atoms with van der Waals surface area (Å²) in [6, 6.07) is 0.180. The van der Waals surface area contributed by atoms with Crippen molar-refractivity contribution in [2.45, 2.75) is 31.1 Å². The first-order valence-corrected chi connectivity index (χ1v) is 5.17. The number of rotatable bonds is 4. The lowest BCUT2D eigenvalue weighted by atomic mass is 10.2. The van der Waals surface area contributed by atoms with Crippen LogP contribution in [0.5, 0.6) is 0 Å². The molecule has 0 saturated heterocycles. The molecule has 3 nitrogen and oxygen atoms in total. The van der Waals surface area contributed by atoms with Crippen LogP contribution >= 0.6 is 15.9 Å². The van der Waals surface area contributed by atoms with Gasteiger partial charge in [-0.15, -0.1) is 0 Å². The summed E-state index contributed by atoms with van der Waals surface area (Å²) in [7, 11) is 3.98. The maximum absolute atomic E-state index is 11.5. The summed E-state index contributed by atoms with van der Waals surface area (Å²) in [5.74, 6) is 0.0295. The third-order valence-corrected chi connectivity index (χ3v) is 1.92. The van der Waals surface area contributed by atoms with Crippen molar-refractivity contribution in [1.82, 2.24) is 10.2 Å². The van der Waals surface area contributed by atoms with E-state index in [0.717, 1.165) is 6.54 Å². The fraction of sp³-hybridized carbons (Fsp3) is 0.889. The molecule has 0 aliphatic heterocycles. The van der Waals surface area contributed by atoms with Gasteiger partial charge < -0.3 is 10.2 Å². The molecule has 0 heterocycles. The van der Waals surface area contributed by atoms with Crippen LogP contribution in [0.25, 0.3) is 0 Å². The minimum atomic E-state index is -0.479. The van der Waals surface area contributed by atoms with E-state index in [-0.39, 0.29) is 11.9 Å². The summed E-state index contributed by atoms with van der Waals surface area (Å²) in [5.41, 5.74) is 0. The van der Waals surface area contributed by atoms with Crippen LogP contribution < -0.4 is 5.32 Å². The quantitative estimate of drug-likeness (QED) is 0.762. The molecular weight excluding hydrogens is 232 g/mol. The van der Waals surface area contributed by atoms with E-state index in [9.17, 15) is 4.79 Å². The second kappa shape index (κ2) is 4.96. The molecule has 0 saturated carbocycles. The van der Waals surface area contributed by atoms with Crippen LogP contribution in [-0.4, -0.2) is 41.8 Å². The van der Waals surface area contributed by atoms with Gasteiger partial charge in [0.25, 0.3) is 0 Å². The van der Waals surface area contributed by atoms with Crippen LogP contribution in [0, 0.1) is 0 Å². The van der Waals surface area contributed by atoms with Crippen molar-refractivity contribution >= 4 is 21.8 Å². The Morgan fingerprint density at radius 1 is 1.54 bits per heavy atom. The Morgan fingerprint density at radius 2 is 2.00 bits per heavy atom. The highest BCUT2D eigenvalue weighted by atomic mass is 79.9. The van der Waals surface area contributed by atoms with Gasteiger partial charge in [-0.25, -0.2) is 0 Å². The van der Waals surface area contributed by atoms with E-state index in [1.165, 1.54) is 0 Å². The van der Waals surface area contributed by atoms with E-state index >= 15 is 0 Å². The van der Waals surface area contributed by atoms with Crippen LogP contribution in [0.3, 0.4) is 0 Å².